The molecule has 0 spiro atoms. The molecule has 0 unspecified atom stereocenters. The molecule has 4 heterocycles. The van der Waals surface area contributed by atoms with E-state index in [-0.39, 0.29) is 11.7 Å². The van der Waals surface area contributed by atoms with E-state index in [2.05, 4.69) is 9.30 Å². The molecule has 1 atom stereocenters. The van der Waals surface area contributed by atoms with E-state index < -0.39 is 0 Å². The molecule has 5 nitrogen and oxygen atoms in total. The number of amides is 1. The number of likely N-dealkylation sites (tertiary alicyclic amines) is 2. The number of hydrogen-bond acceptors (Lipinski definition) is 4. The van der Waals surface area contributed by atoms with Crippen LogP contribution >= 0.6 is 11.3 Å². The van der Waals surface area contributed by atoms with E-state index in [9.17, 15) is 9.18 Å². The highest BCUT2D eigenvalue weighted by Crippen LogP contribution is 2.30. The van der Waals surface area contributed by atoms with E-state index in [0.29, 0.717) is 18.2 Å². The van der Waals surface area contributed by atoms with Crippen LogP contribution in [0, 0.1) is 5.82 Å². The van der Waals surface area contributed by atoms with Crippen LogP contribution in [-0.2, 0) is 6.54 Å². The molecule has 0 N–H and O–H groups in total. The number of benzene rings is 1. The summed E-state index contributed by atoms with van der Waals surface area (Å²) < 4.78 is 15.4. The van der Waals surface area contributed by atoms with E-state index in [1.54, 1.807) is 23.5 Å². The third kappa shape index (κ3) is 4.39. The maximum absolute atomic E-state index is 13.4. The van der Waals surface area contributed by atoms with Crippen molar-refractivity contribution in [1.29, 1.82) is 0 Å². The lowest BCUT2D eigenvalue weighted by atomic mass is 9.99. The van der Waals surface area contributed by atoms with Crippen molar-refractivity contribution in [1.82, 2.24) is 19.2 Å². The Labute approximate surface area is 186 Å². The van der Waals surface area contributed by atoms with Gasteiger partial charge in [-0.2, -0.15) is 0 Å². The van der Waals surface area contributed by atoms with Crippen LogP contribution in [0.25, 0.3) is 4.96 Å². The maximum atomic E-state index is 13.4. The van der Waals surface area contributed by atoms with Crippen molar-refractivity contribution in [2.24, 2.45) is 0 Å². The van der Waals surface area contributed by atoms with E-state index in [0.717, 1.165) is 56.1 Å². The summed E-state index contributed by atoms with van der Waals surface area (Å²) in [4.78, 5) is 23.5. The Morgan fingerprint density at radius 2 is 1.81 bits per heavy atom. The first-order chi connectivity index (χ1) is 15.2. The van der Waals surface area contributed by atoms with Gasteiger partial charge in [-0.15, -0.1) is 11.3 Å². The molecule has 3 aromatic rings. The second kappa shape index (κ2) is 9.09. The maximum Gasteiger partial charge on any atom is 0.274 e. The number of aromatic nitrogens is 2. The summed E-state index contributed by atoms with van der Waals surface area (Å²) in [5.41, 5.74) is 2.82. The van der Waals surface area contributed by atoms with Crippen molar-refractivity contribution in [2.45, 2.75) is 51.0 Å². The smallest absolute Gasteiger partial charge is 0.274 e. The Morgan fingerprint density at radius 3 is 2.58 bits per heavy atom. The standard InChI is InChI=1S/C24H29FN4OS/c25-20-8-6-18(7-9-20)19-10-13-27(16-19)17-21-22(26-24-29(21)14-15-31-24)23(30)28-11-4-2-1-3-5-12-28/h6-9,14-15,19H,1-5,10-13,16-17H2/t19-/m0/s1. The van der Waals surface area contributed by atoms with Crippen LogP contribution in [0.1, 0.15) is 66.2 Å². The van der Waals surface area contributed by atoms with Gasteiger partial charge in [0.25, 0.3) is 5.91 Å². The van der Waals surface area contributed by atoms with Crippen molar-refractivity contribution < 1.29 is 9.18 Å². The van der Waals surface area contributed by atoms with Gasteiger partial charge >= 0.3 is 0 Å². The Bertz CT molecular complexity index is 1040. The Kier molecular flexibility index (Phi) is 6.05. The SMILES string of the molecule is O=C(c1nc2sccn2c1CN1CC[C@H](c2ccc(F)cc2)C1)N1CCCCCCC1. The Morgan fingerprint density at radius 1 is 1.06 bits per heavy atom. The Balaban J connectivity index is 1.35. The fourth-order valence-corrected chi connectivity index (χ4v) is 5.68. The van der Waals surface area contributed by atoms with E-state index >= 15 is 0 Å². The lowest BCUT2D eigenvalue weighted by Gasteiger charge is -2.25. The second-order valence-corrected chi connectivity index (χ2v) is 9.67. The van der Waals surface area contributed by atoms with Gasteiger partial charge in [-0.05, 0) is 49.4 Å². The quantitative estimate of drug-likeness (QED) is 0.578. The molecule has 1 aromatic carbocycles. The van der Waals surface area contributed by atoms with Crippen LogP contribution in [0.15, 0.2) is 35.8 Å². The van der Waals surface area contributed by atoms with Crippen molar-refractivity contribution in [3.8, 4) is 0 Å². The minimum atomic E-state index is -0.190. The van der Waals surface area contributed by atoms with Crippen molar-refractivity contribution >= 4 is 22.2 Å². The summed E-state index contributed by atoms with van der Waals surface area (Å²) in [7, 11) is 0. The number of halogens is 1. The second-order valence-electron chi connectivity index (χ2n) is 8.79. The number of imidazole rings is 1. The van der Waals surface area contributed by atoms with Crippen LogP contribution in [0.3, 0.4) is 0 Å². The molecule has 164 valence electrons. The molecule has 0 bridgehead atoms. The first-order valence-corrected chi connectivity index (χ1v) is 12.3. The minimum absolute atomic E-state index is 0.0853. The molecule has 2 aromatic heterocycles. The fraction of sp³-hybridized carbons (Fsp3) is 0.500. The van der Waals surface area contributed by atoms with Gasteiger partial charge in [0.1, 0.15) is 5.82 Å². The van der Waals surface area contributed by atoms with E-state index in [1.807, 2.05) is 28.6 Å². The molecule has 5 rings (SSSR count). The van der Waals surface area contributed by atoms with Gasteiger partial charge in [-0.3, -0.25) is 14.1 Å². The first kappa shape index (κ1) is 20.6. The molecule has 2 aliphatic rings. The monoisotopic (exact) mass is 440 g/mol. The molecule has 2 saturated heterocycles. The van der Waals surface area contributed by atoms with Crippen LogP contribution in [0.2, 0.25) is 0 Å². The number of carbonyl (C=O) groups excluding carboxylic acids is 1. The van der Waals surface area contributed by atoms with Gasteiger partial charge in [-0.1, -0.05) is 31.4 Å². The predicted molar refractivity (Wildman–Crippen MR) is 121 cm³/mol. The molecular weight excluding hydrogens is 411 g/mol. The minimum Gasteiger partial charge on any atom is -0.337 e. The lowest BCUT2D eigenvalue weighted by Crippen LogP contribution is -2.35. The molecule has 7 heteroatoms. The third-order valence-electron chi connectivity index (χ3n) is 6.69. The number of nitrogens with zero attached hydrogens (tertiary/aromatic N) is 4. The van der Waals surface area contributed by atoms with Gasteiger partial charge in [-0.25, -0.2) is 9.37 Å². The third-order valence-corrected chi connectivity index (χ3v) is 7.45. The average molecular weight is 441 g/mol. The molecule has 31 heavy (non-hydrogen) atoms. The van der Waals surface area contributed by atoms with Gasteiger partial charge in [0.05, 0.1) is 5.69 Å². The molecule has 0 radical (unpaired) electrons. The molecule has 0 saturated carbocycles. The summed E-state index contributed by atoms with van der Waals surface area (Å²) in [6, 6.07) is 6.89. The number of carbonyl (C=O) groups is 1. The normalized spacial score (nSPS) is 20.8. The fourth-order valence-electron chi connectivity index (χ4n) is 4.95. The zero-order valence-corrected chi connectivity index (χ0v) is 18.6. The summed E-state index contributed by atoms with van der Waals surface area (Å²) in [6.45, 7) is 4.27. The van der Waals surface area contributed by atoms with E-state index in [4.69, 9.17) is 4.98 Å². The molecule has 2 aliphatic heterocycles. The zero-order valence-electron chi connectivity index (χ0n) is 17.8. The van der Waals surface area contributed by atoms with Crippen molar-refractivity contribution in [3.05, 3.63) is 58.6 Å². The van der Waals surface area contributed by atoms with Gasteiger partial charge in [0, 0.05) is 37.8 Å². The molecular formula is C24H29FN4OS. The predicted octanol–water partition coefficient (Wildman–Crippen LogP) is 4.93. The number of hydrogen-bond donors (Lipinski definition) is 0. The summed E-state index contributed by atoms with van der Waals surface area (Å²) in [5.74, 6) is 0.298. The van der Waals surface area contributed by atoms with Crippen LogP contribution in [-0.4, -0.2) is 51.3 Å². The molecule has 0 aliphatic carbocycles. The largest absolute Gasteiger partial charge is 0.337 e. The average Bonchev–Trinajstić information content (AvgIpc) is 3.46. The van der Waals surface area contributed by atoms with Gasteiger partial charge in [0.2, 0.25) is 0 Å². The van der Waals surface area contributed by atoms with E-state index in [1.165, 1.54) is 24.8 Å². The summed E-state index contributed by atoms with van der Waals surface area (Å²) in [5, 5.41) is 2.03. The Hall–Kier alpha value is -2.25. The molecule has 1 amide bonds. The van der Waals surface area contributed by atoms with Crippen LogP contribution < -0.4 is 0 Å². The highest BCUT2D eigenvalue weighted by Gasteiger charge is 2.29. The summed E-state index contributed by atoms with van der Waals surface area (Å²) >= 11 is 1.58. The van der Waals surface area contributed by atoms with Crippen molar-refractivity contribution in [3.63, 3.8) is 0 Å². The highest BCUT2D eigenvalue weighted by molar-refractivity contribution is 7.15. The number of thiazole rings is 1. The number of fused-ring (bicyclic) bond motifs is 1. The topological polar surface area (TPSA) is 40.9 Å². The van der Waals surface area contributed by atoms with Gasteiger partial charge in [0.15, 0.2) is 10.7 Å². The molecule has 2 fully saturated rings. The zero-order chi connectivity index (χ0) is 21.2. The number of rotatable bonds is 4. The van der Waals surface area contributed by atoms with Crippen LogP contribution in [0.5, 0.6) is 0 Å². The lowest BCUT2D eigenvalue weighted by molar-refractivity contribution is 0.0735. The first-order valence-electron chi connectivity index (χ1n) is 11.4. The highest BCUT2D eigenvalue weighted by atomic mass is 32.1. The van der Waals surface area contributed by atoms with Crippen molar-refractivity contribution in [2.75, 3.05) is 26.2 Å². The van der Waals surface area contributed by atoms with Gasteiger partial charge < -0.3 is 4.90 Å². The van der Waals surface area contributed by atoms with Crippen LogP contribution in [0.4, 0.5) is 4.39 Å². The summed E-state index contributed by atoms with van der Waals surface area (Å²) in [6.07, 6.45) is 8.91.